The number of nitrogens with zero attached hydrogens (tertiary/aromatic N) is 4. The molecule has 3 aromatic rings. The first kappa shape index (κ1) is 45.2. The molecule has 0 radical (unpaired) electrons. The number of phosphoric ester groups is 1. The number of hydrogen-bond donors (Lipinski definition) is 1. The van der Waals surface area contributed by atoms with Crippen molar-refractivity contribution in [3.63, 3.8) is 0 Å². The largest absolute Gasteiger partial charge is 0.531 e. The molecule has 0 aliphatic carbocycles. The molecule has 3 atom stereocenters. The number of ether oxygens (including phenoxy) is 2. The zero-order chi connectivity index (χ0) is 44.7. The molecule has 1 aromatic heterocycles. The number of aromatic nitrogens is 1. The summed E-state index contributed by atoms with van der Waals surface area (Å²) in [7, 11) is -2.78. The van der Waals surface area contributed by atoms with Crippen LogP contribution in [0.3, 0.4) is 0 Å². The van der Waals surface area contributed by atoms with Gasteiger partial charge in [0.25, 0.3) is 11.8 Å². The van der Waals surface area contributed by atoms with Crippen LogP contribution in [0.4, 0.5) is 13.6 Å². The molecular formula is C42H52F2N5O11P. The number of amides is 3. The molecule has 0 saturated carbocycles. The molecule has 1 N–H and O–H groups in total. The summed E-state index contributed by atoms with van der Waals surface area (Å²) in [6.45, 7) is 12.8. The van der Waals surface area contributed by atoms with Gasteiger partial charge in [0.2, 0.25) is 18.0 Å². The van der Waals surface area contributed by atoms with E-state index in [1.54, 1.807) is 70.7 Å². The minimum atomic E-state index is -4.20. The lowest BCUT2D eigenvalue weighted by Gasteiger charge is -2.42. The minimum absolute atomic E-state index is 0.0329. The van der Waals surface area contributed by atoms with E-state index in [-0.39, 0.29) is 42.7 Å². The molecular weight excluding hydrogens is 819 g/mol. The molecule has 6 rings (SSSR count). The van der Waals surface area contributed by atoms with Crippen LogP contribution in [-0.2, 0) is 36.3 Å². The predicted octanol–water partition coefficient (Wildman–Crippen LogP) is 7.49. The van der Waals surface area contributed by atoms with Gasteiger partial charge >= 0.3 is 13.9 Å². The van der Waals surface area contributed by atoms with E-state index in [4.69, 9.17) is 27.9 Å². The van der Waals surface area contributed by atoms with Gasteiger partial charge < -0.3 is 38.5 Å². The van der Waals surface area contributed by atoms with Crippen LogP contribution in [0.1, 0.15) is 113 Å². The maximum atomic E-state index is 14.5. The zero-order valence-electron chi connectivity index (χ0n) is 35.7. The SMILES string of the molecule is CC1=NO[C@@]2(CC[C@H](C)N3C[C@H]2n2cc(C(=O)NCc4ccc(F)cc4F)c(=O)c(OCOC(=O)N(C)Cc4ccccc4OP(=O)(OC(C)(C)C)OC(C)(C)C)c2C3=O)C1. The molecule has 4 heterocycles. The summed E-state index contributed by atoms with van der Waals surface area (Å²) in [6, 6.07) is 8.53. The van der Waals surface area contributed by atoms with Gasteiger partial charge in [0, 0.05) is 56.0 Å². The van der Waals surface area contributed by atoms with Gasteiger partial charge in [0.15, 0.2) is 11.3 Å². The summed E-state index contributed by atoms with van der Waals surface area (Å²) in [5, 5.41) is 6.73. The predicted molar refractivity (Wildman–Crippen MR) is 218 cm³/mol. The average molecular weight is 872 g/mol. The van der Waals surface area contributed by atoms with Gasteiger partial charge in [-0.05, 0) is 80.4 Å². The number of benzene rings is 2. The Bertz CT molecular complexity index is 2320. The molecule has 1 spiro atoms. The van der Waals surface area contributed by atoms with Crippen LogP contribution in [0.5, 0.6) is 11.5 Å². The fourth-order valence-corrected chi connectivity index (χ4v) is 9.35. The van der Waals surface area contributed by atoms with Crippen LogP contribution in [-0.4, -0.2) is 81.2 Å². The highest BCUT2D eigenvalue weighted by atomic mass is 31.2. The molecule has 0 unspecified atom stereocenters. The Kier molecular flexibility index (Phi) is 12.8. The van der Waals surface area contributed by atoms with Gasteiger partial charge in [-0.1, -0.05) is 29.4 Å². The quantitative estimate of drug-likeness (QED) is 0.141. The van der Waals surface area contributed by atoms with Crippen molar-refractivity contribution in [2.75, 3.05) is 20.4 Å². The van der Waals surface area contributed by atoms with E-state index in [1.807, 2.05) is 13.8 Å². The van der Waals surface area contributed by atoms with E-state index in [9.17, 15) is 32.5 Å². The number of halogens is 2. The van der Waals surface area contributed by atoms with Crippen molar-refractivity contribution in [1.82, 2.24) is 19.7 Å². The van der Waals surface area contributed by atoms with Crippen molar-refractivity contribution < 1.29 is 55.6 Å². The normalized spacial score (nSPS) is 20.0. The molecule has 61 heavy (non-hydrogen) atoms. The van der Waals surface area contributed by atoms with E-state index in [0.717, 1.165) is 11.8 Å². The van der Waals surface area contributed by atoms with Crippen LogP contribution in [0.15, 0.2) is 58.6 Å². The monoisotopic (exact) mass is 871 g/mol. The summed E-state index contributed by atoms with van der Waals surface area (Å²) in [5.74, 6) is -3.60. The van der Waals surface area contributed by atoms with Gasteiger partial charge in [-0.3, -0.25) is 23.4 Å². The summed E-state index contributed by atoms with van der Waals surface area (Å²) in [4.78, 5) is 64.5. The first-order valence-corrected chi connectivity index (χ1v) is 21.3. The molecule has 16 nitrogen and oxygen atoms in total. The molecule has 2 aromatic carbocycles. The number of oxime groups is 1. The van der Waals surface area contributed by atoms with Gasteiger partial charge in [-0.2, -0.15) is 0 Å². The number of rotatable bonds is 12. The fourth-order valence-electron chi connectivity index (χ4n) is 7.48. The number of phosphoric acid groups is 1. The number of carbonyl (C=O) groups excluding carboxylic acids is 3. The highest BCUT2D eigenvalue weighted by Crippen LogP contribution is 2.55. The highest BCUT2D eigenvalue weighted by Gasteiger charge is 2.54. The van der Waals surface area contributed by atoms with Crippen molar-refractivity contribution in [1.29, 1.82) is 0 Å². The highest BCUT2D eigenvalue weighted by molar-refractivity contribution is 7.49. The lowest BCUT2D eigenvalue weighted by Crippen LogP contribution is -2.52. The van der Waals surface area contributed by atoms with Crippen molar-refractivity contribution in [2.45, 2.75) is 117 Å². The van der Waals surface area contributed by atoms with Gasteiger partial charge in [-0.25, -0.2) is 18.1 Å². The third-order valence-electron chi connectivity index (χ3n) is 10.2. The summed E-state index contributed by atoms with van der Waals surface area (Å²) >= 11 is 0. The van der Waals surface area contributed by atoms with Gasteiger partial charge in [0.05, 0.1) is 29.5 Å². The number of nitrogens with one attached hydrogen (secondary N) is 1. The number of pyridine rings is 1. The Labute approximate surface area is 352 Å². The first-order chi connectivity index (χ1) is 28.5. The second kappa shape index (κ2) is 17.2. The molecule has 3 aliphatic heterocycles. The maximum absolute atomic E-state index is 14.5. The smallest absolute Gasteiger partial charge is 0.451 e. The molecule has 3 aliphatic rings. The number of hydrogen-bond acceptors (Lipinski definition) is 12. The van der Waals surface area contributed by atoms with Crippen molar-refractivity contribution in [3.05, 3.63) is 92.9 Å². The molecule has 1 saturated heterocycles. The second-order valence-electron chi connectivity index (χ2n) is 17.5. The summed E-state index contributed by atoms with van der Waals surface area (Å²) < 4.78 is 72.2. The van der Waals surface area contributed by atoms with Crippen molar-refractivity contribution in [3.8, 4) is 11.5 Å². The topological polar surface area (TPSA) is 177 Å². The van der Waals surface area contributed by atoms with Crippen LogP contribution in [0.2, 0.25) is 0 Å². The van der Waals surface area contributed by atoms with Crippen molar-refractivity contribution >= 4 is 31.4 Å². The summed E-state index contributed by atoms with van der Waals surface area (Å²) in [6.07, 6.45) is 1.82. The third kappa shape index (κ3) is 10.2. The molecule has 1 fully saturated rings. The fraction of sp³-hybridized carbons (Fsp3) is 0.500. The van der Waals surface area contributed by atoms with Crippen LogP contribution < -0.4 is 20.0 Å². The number of carbonyl (C=O) groups is 3. The molecule has 2 bridgehead atoms. The van der Waals surface area contributed by atoms with Crippen molar-refractivity contribution in [2.24, 2.45) is 5.16 Å². The van der Waals surface area contributed by atoms with E-state index in [0.29, 0.717) is 30.9 Å². The Hall–Kier alpha value is -5.32. The third-order valence-corrected chi connectivity index (χ3v) is 12.1. The lowest BCUT2D eigenvalue weighted by molar-refractivity contribution is -0.0657. The van der Waals surface area contributed by atoms with Crippen LogP contribution in [0.25, 0.3) is 0 Å². The van der Waals surface area contributed by atoms with E-state index in [2.05, 4.69) is 10.5 Å². The number of para-hydroxylation sites is 1. The zero-order valence-corrected chi connectivity index (χ0v) is 36.6. The van der Waals surface area contributed by atoms with Crippen LogP contribution >= 0.6 is 7.82 Å². The first-order valence-electron chi connectivity index (χ1n) is 19.8. The minimum Gasteiger partial charge on any atom is -0.451 e. The lowest BCUT2D eigenvalue weighted by atomic mass is 9.84. The standard InChI is InChI=1S/C42H52F2N5O11P/c1-25-19-42(58-46-25)17-16-26(2)48-23-33(42)49-22-30(37(51)45-20-27-14-15-29(43)18-31(27)44)35(50)36(34(49)38(48)52)55-24-56-39(53)47(9)21-28-12-10-11-13-32(28)57-61(54,59-40(3,4)5)60-41(6,7)8/h10-15,18,22,26,33H,16-17,19-21,23-24H2,1-9H3,(H,45,51)/t26-,33+,42-/m0/s1. The summed E-state index contributed by atoms with van der Waals surface area (Å²) in [5.41, 5.74) is -3.24. The van der Waals surface area contributed by atoms with E-state index in [1.165, 1.54) is 28.8 Å². The Morgan fingerprint density at radius 3 is 2.38 bits per heavy atom. The maximum Gasteiger partial charge on any atom is 0.531 e. The Morgan fingerprint density at radius 1 is 1.05 bits per heavy atom. The average Bonchev–Trinajstić information content (AvgIpc) is 3.48. The Morgan fingerprint density at radius 2 is 1.74 bits per heavy atom. The molecule has 3 amide bonds. The van der Waals surface area contributed by atoms with Gasteiger partial charge in [0.1, 0.15) is 22.9 Å². The molecule has 330 valence electrons. The Balaban J connectivity index is 1.27. The molecule has 19 heteroatoms. The second-order valence-corrected chi connectivity index (χ2v) is 18.9. The van der Waals surface area contributed by atoms with E-state index >= 15 is 0 Å². The van der Waals surface area contributed by atoms with Gasteiger partial charge in [-0.15, -0.1) is 0 Å². The van der Waals surface area contributed by atoms with Crippen LogP contribution in [0, 0.1) is 11.6 Å². The van der Waals surface area contributed by atoms with E-state index < -0.39 is 83.7 Å². The number of fused-ring (bicyclic) bond motifs is 5.